The maximum absolute atomic E-state index is 13.4. The van der Waals surface area contributed by atoms with Gasteiger partial charge in [0.05, 0.1) is 17.3 Å². The second-order valence-corrected chi connectivity index (χ2v) is 4.83. The van der Waals surface area contributed by atoms with Crippen LogP contribution in [-0.4, -0.2) is 25.1 Å². The predicted octanol–water partition coefficient (Wildman–Crippen LogP) is 2.24. The van der Waals surface area contributed by atoms with Gasteiger partial charge in [-0.25, -0.2) is 4.39 Å². The number of rotatable bonds is 3. The van der Waals surface area contributed by atoms with E-state index in [1.165, 1.54) is 19.2 Å². The lowest BCUT2D eigenvalue weighted by Crippen LogP contribution is -2.37. The van der Waals surface area contributed by atoms with Crippen molar-refractivity contribution in [2.24, 2.45) is 0 Å². The molecule has 0 fully saturated rings. The van der Waals surface area contributed by atoms with E-state index in [2.05, 4.69) is 26.0 Å². The Labute approximate surface area is 117 Å². The maximum atomic E-state index is 13.4. The molecule has 0 aliphatic carbocycles. The summed E-state index contributed by atoms with van der Waals surface area (Å²) in [5.74, 6) is -1.03. The zero-order valence-corrected chi connectivity index (χ0v) is 11.6. The third-order valence-electron chi connectivity index (χ3n) is 2.68. The lowest BCUT2D eigenvalue weighted by atomic mass is 10.1. The number of amides is 1. The van der Waals surface area contributed by atoms with Crippen LogP contribution in [0.3, 0.4) is 0 Å². The highest BCUT2D eigenvalue weighted by molar-refractivity contribution is 9.10. The molecule has 0 saturated carbocycles. The summed E-state index contributed by atoms with van der Waals surface area (Å²) in [6, 6.07) is 2.61. The van der Waals surface area contributed by atoms with E-state index < -0.39 is 17.9 Å². The van der Waals surface area contributed by atoms with Crippen molar-refractivity contribution < 1.29 is 23.5 Å². The van der Waals surface area contributed by atoms with Gasteiger partial charge in [0, 0.05) is 18.9 Å². The fourth-order valence-corrected chi connectivity index (χ4v) is 2.03. The number of halogens is 2. The van der Waals surface area contributed by atoms with Crippen LogP contribution in [0.4, 0.5) is 10.1 Å². The molecule has 0 unspecified atom stereocenters. The Bertz CT molecular complexity index is 535. The molecule has 102 valence electrons. The topological polar surface area (TPSA) is 64.6 Å². The Morgan fingerprint density at radius 3 is 3.00 bits per heavy atom. The molecule has 0 spiro atoms. The SMILES string of the molecule is COC(=O)CC[C@@H]1Oc2cc(F)c(Br)cc2NC1=O. The van der Waals surface area contributed by atoms with Gasteiger partial charge in [0.1, 0.15) is 11.6 Å². The maximum Gasteiger partial charge on any atom is 0.305 e. The highest BCUT2D eigenvalue weighted by Crippen LogP contribution is 2.34. The number of carbonyl (C=O) groups is 2. The Kier molecular flexibility index (Phi) is 4.04. The zero-order valence-electron chi connectivity index (χ0n) is 10.0. The first-order chi connectivity index (χ1) is 9.01. The highest BCUT2D eigenvalue weighted by atomic mass is 79.9. The van der Waals surface area contributed by atoms with Crippen LogP contribution >= 0.6 is 15.9 Å². The molecule has 5 nitrogen and oxygen atoms in total. The summed E-state index contributed by atoms with van der Waals surface area (Å²) in [4.78, 5) is 22.8. The number of hydrogen-bond acceptors (Lipinski definition) is 4. The minimum atomic E-state index is -0.827. The fourth-order valence-electron chi connectivity index (χ4n) is 1.68. The molecule has 0 bridgehead atoms. The number of hydrogen-bond donors (Lipinski definition) is 1. The van der Waals surface area contributed by atoms with Gasteiger partial charge in [-0.05, 0) is 22.0 Å². The smallest absolute Gasteiger partial charge is 0.305 e. The monoisotopic (exact) mass is 331 g/mol. The molecule has 0 saturated heterocycles. The Balaban J connectivity index is 2.12. The van der Waals surface area contributed by atoms with E-state index in [9.17, 15) is 14.0 Å². The van der Waals surface area contributed by atoms with E-state index in [4.69, 9.17) is 4.74 Å². The van der Waals surface area contributed by atoms with Gasteiger partial charge in [-0.1, -0.05) is 0 Å². The third-order valence-corrected chi connectivity index (χ3v) is 3.29. The molecule has 2 rings (SSSR count). The lowest BCUT2D eigenvalue weighted by Gasteiger charge is -2.25. The van der Waals surface area contributed by atoms with Crippen LogP contribution in [0, 0.1) is 5.82 Å². The summed E-state index contributed by atoms with van der Waals surface area (Å²) >= 11 is 3.03. The molecule has 1 N–H and O–H groups in total. The van der Waals surface area contributed by atoms with Crippen LogP contribution in [-0.2, 0) is 14.3 Å². The Morgan fingerprint density at radius 1 is 1.58 bits per heavy atom. The van der Waals surface area contributed by atoms with Gasteiger partial charge in [0.2, 0.25) is 0 Å². The van der Waals surface area contributed by atoms with Crippen molar-refractivity contribution in [1.29, 1.82) is 0 Å². The minimum Gasteiger partial charge on any atom is -0.478 e. The van der Waals surface area contributed by atoms with Crippen molar-refractivity contribution in [3.63, 3.8) is 0 Å². The van der Waals surface area contributed by atoms with E-state index in [0.717, 1.165) is 0 Å². The summed E-state index contributed by atoms with van der Waals surface area (Å²) < 4.78 is 23.5. The quantitative estimate of drug-likeness (QED) is 0.863. The van der Waals surface area contributed by atoms with E-state index in [-0.39, 0.29) is 29.0 Å². The number of fused-ring (bicyclic) bond motifs is 1. The Morgan fingerprint density at radius 2 is 2.32 bits per heavy atom. The van der Waals surface area contributed by atoms with Crippen molar-refractivity contribution >= 4 is 33.5 Å². The molecular formula is C12H11BrFNO4. The average molecular weight is 332 g/mol. The van der Waals surface area contributed by atoms with Gasteiger partial charge < -0.3 is 14.8 Å². The molecule has 1 aromatic rings. The van der Waals surface area contributed by atoms with Gasteiger partial charge in [-0.2, -0.15) is 0 Å². The Hall–Kier alpha value is -1.63. The number of ether oxygens (including phenoxy) is 2. The van der Waals surface area contributed by atoms with Crippen LogP contribution in [0.5, 0.6) is 5.75 Å². The molecule has 1 amide bonds. The van der Waals surface area contributed by atoms with E-state index >= 15 is 0 Å². The molecule has 0 aromatic heterocycles. The average Bonchev–Trinajstić information content (AvgIpc) is 2.38. The summed E-state index contributed by atoms with van der Waals surface area (Å²) in [6.07, 6.45) is -0.592. The number of benzene rings is 1. The van der Waals surface area contributed by atoms with Crippen molar-refractivity contribution in [3.8, 4) is 5.75 Å². The van der Waals surface area contributed by atoms with E-state index in [0.29, 0.717) is 5.69 Å². The lowest BCUT2D eigenvalue weighted by molar-refractivity contribution is -0.141. The molecular weight excluding hydrogens is 321 g/mol. The van der Waals surface area contributed by atoms with E-state index in [1.54, 1.807) is 0 Å². The van der Waals surface area contributed by atoms with E-state index in [1.807, 2.05) is 0 Å². The van der Waals surface area contributed by atoms with Crippen molar-refractivity contribution in [1.82, 2.24) is 0 Å². The summed E-state index contributed by atoms with van der Waals surface area (Å²) in [5.41, 5.74) is 0.396. The molecule has 1 atom stereocenters. The van der Waals surface area contributed by atoms with Crippen molar-refractivity contribution in [2.75, 3.05) is 12.4 Å². The first-order valence-corrected chi connectivity index (χ1v) is 6.34. The normalized spacial score (nSPS) is 17.2. The fraction of sp³-hybridized carbons (Fsp3) is 0.333. The van der Waals surface area contributed by atoms with Gasteiger partial charge >= 0.3 is 5.97 Å². The molecule has 7 heteroatoms. The molecule has 19 heavy (non-hydrogen) atoms. The van der Waals surface area contributed by atoms with Gasteiger partial charge in [0.15, 0.2) is 6.10 Å². The number of methoxy groups -OCH3 is 1. The summed E-state index contributed by atoms with van der Waals surface area (Å²) in [6.45, 7) is 0. The van der Waals surface area contributed by atoms with Crippen molar-refractivity contribution in [3.05, 3.63) is 22.4 Å². The number of nitrogens with one attached hydrogen (secondary N) is 1. The molecule has 1 aliphatic rings. The second-order valence-electron chi connectivity index (χ2n) is 3.97. The molecule has 0 radical (unpaired) electrons. The largest absolute Gasteiger partial charge is 0.478 e. The van der Waals surface area contributed by atoms with Gasteiger partial charge in [0.25, 0.3) is 5.91 Å². The second kappa shape index (κ2) is 5.56. The van der Waals surface area contributed by atoms with Crippen LogP contribution < -0.4 is 10.1 Å². The van der Waals surface area contributed by atoms with Crippen molar-refractivity contribution in [2.45, 2.75) is 18.9 Å². The number of carbonyl (C=O) groups excluding carboxylic acids is 2. The molecule has 1 heterocycles. The van der Waals surface area contributed by atoms with Crippen LogP contribution in [0.1, 0.15) is 12.8 Å². The molecule has 1 aromatic carbocycles. The highest BCUT2D eigenvalue weighted by Gasteiger charge is 2.29. The predicted molar refractivity (Wildman–Crippen MR) is 68.4 cm³/mol. The zero-order chi connectivity index (χ0) is 14.0. The standard InChI is InChI=1S/C12H11BrFNO4/c1-18-11(16)3-2-9-12(17)15-8-4-6(13)7(14)5-10(8)19-9/h4-5,9H,2-3H2,1H3,(H,15,17)/t9-/m0/s1. The van der Waals surface area contributed by atoms with Crippen LogP contribution in [0.15, 0.2) is 16.6 Å². The van der Waals surface area contributed by atoms with Crippen LogP contribution in [0.2, 0.25) is 0 Å². The van der Waals surface area contributed by atoms with Gasteiger partial charge in [-0.3, -0.25) is 9.59 Å². The molecule has 1 aliphatic heterocycles. The third kappa shape index (κ3) is 3.04. The van der Waals surface area contributed by atoms with Gasteiger partial charge in [-0.15, -0.1) is 0 Å². The number of anilines is 1. The summed E-state index contributed by atoms with van der Waals surface area (Å²) in [7, 11) is 1.27. The number of esters is 1. The van der Waals surface area contributed by atoms with Crippen LogP contribution in [0.25, 0.3) is 0 Å². The summed E-state index contributed by atoms with van der Waals surface area (Å²) in [5, 5.41) is 2.61. The first kappa shape index (κ1) is 13.8. The first-order valence-electron chi connectivity index (χ1n) is 5.54. The minimum absolute atomic E-state index is 0.0585.